The van der Waals surface area contributed by atoms with Gasteiger partial charge in [-0.2, -0.15) is 0 Å². The first kappa shape index (κ1) is 14.5. The molecular weight excluding hydrogens is 292 g/mol. The molecule has 0 unspecified atom stereocenters. The highest BCUT2D eigenvalue weighted by Gasteiger charge is 2.13. The van der Waals surface area contributed by atoms with Crippen LogP contribution in [0.5, 0.6) is 0 Å². The van der Waals surface area contributed by atoms with E-state index in [1.54, 1.807) is 5.38 Å². The number of aryl methyl sites for hydroxylation is 1. The Hall–Kier alpha value is -2.46. The molecule has 0 radical (unpaired) electrons. The molecule has 4 heteroatoms. The van der Waals surface area contributed by atoms with Gasteiger partial charge in [-0.1, -0.05) is 42.5 Å². The van der Waals surface area contributed by atoms with Crippen molar-refractivity contribution in [2.45, 2.75) is 13.8 Å². The Morgan fingerprint density at radius 1 is 1.05 bits per heavy atom. The van der Waals surface area contributed by atoms with Gasteiger partial charge in [0.05, 0.1) is 0 Å². The topological polar surface area (TPSA) is 42.0 Å². The molecule has 0 saturated heterocycles. The van der Waals surface area contributed by atoms with Crippen LogP contribution in [0, 0.1) is 13.8 Å². The molecule has 1 heterocycles. The van der Waals surface area contributed by atoms with Gasteiger partial charge in [-0.3, -0.25) is 4.79 Å². The molecule has 0 atom stereocenters. The zero-order chi connectivity index (χ0) is 15.5. The highest BCUT2D eigenvalue weighted by Crippen LogP contribution is 2.24. The number of hydrogen-bond donors (Lipinski definition) is 1. The van der Waals surface area contributed by atoms with E-state index >= 15 is 0 Å². The summed E-state index contributed by atoms with van der Waals surface area (Å²) in [5, 5.41) is 5.59. The number of aromatic nitrogens is 1. The maximum absolute atomic E-state index is 12.4. The second-order valence-corrected chi connectivity index (χ2v) is 5.96. The Kier molecular flexibility index (Phi) is 4.02. The van der Waals surface area contributed by atoms with Crippen molar-refractivity contribution in [3.05, 3.63) is 70.7 Å². The number of carbonyl (C=O) groups is 1. The third kappa shape index (κ3) is 2.92. The van der Waals surface area contributed by atoms with Gasteiger partial charge in [-0.15, -0.1) is 11.3 Å². The summed E-state index contributed by atoms with van der Waals surface area (Å²) >= 11 is 1.48. The summed E-state index contributed by atoms with van der Waals surface area (Å²) in [6.07, 6.45) is 0. The Morgan fingerprint density at radius 3 is 2.59 bits per heavy atom. The molecule has 0 aliphatic carbocycles. The summed E-state index contributed by atoms with van der Waals surface area (Å²) in [5.41, 5.74) is 4.54. The molecule has 0 spiro atoms. The predicted molar refractivity (Wildman–Crippen MR) is 91.4 cm³/mol. The van der Waals surface area contributed by atoms with Crippen molar-refractivity contribution in [2.24, 2.45) is 0 Å². The lowest BCUT2D eigenvalue weighted by molar-refractivity contribution is 0.102. The zero-order valence-electron chi connectivity index (χ0n) is 12.5. The van der Waals surface area contributed by atoms with E-state index in [-0.39, 0.29) is 5.91 Å². The van der Waals surface area contributed by atoms with Crippen LogP contribution in [0.3, 0.4) is 0 Å². The average Bonchev–Trinajstić information content (AvgIpc) is 3.03. The molecule has 2 aromatic carbocycles. The van der Waals surface area contributed by atoms with E-state index in [1.807, 2.05) is 62.4 Å². The lowest BCUT2D eigenvalue weighted by atomic mass is 10.1. The quantitative estimate of drug-likeness (QED) is 0.763. The number of nitrogens with one attached hydrogen (secondary N) is 1. The lowest BCUT2D eigenvalue weighted by Gasteiger charge is -2.09. The molecule has 0 bridgehead atoms. The molecule has 0 saturated carbocycles. The molecule has 3 rings (SSSR count). The van der Waals surface area contributed by atoms with Crippen molar-refractivity contribution in [3.8, 4) is 10.6 Å². The van der Waals surface area contributed by atoms with E-state index in [0.29, 0.717) is 5.69 Å². The Morgan fingerprint density at radius 2 is 1.82 bits per heavy atom. The van der Waals surface area contributed by atoms with Crippen LogP contribution in [-0.2, 0) is 0 Å². The highest BCUT2D eigenvalue weighted by atomic mass is 32.1. The fourth-order valence-electron chi connectivity index (χ4n) is 2.16. The molecule has 3 nitrogen and oxygen atoms in total. The largest absolute Gasteiger partial charge is 0.320 e. The molecular formula is C18H16N2OS. The minimum Gasteiger partial charge on any atom is -0.320 e. The van der Waals surface area contributed by atoms with Crippen LogP contribution in [0.2, 0.25) is 0 Å². The normalized spacial score (nSPS) is 10.5. The number of thiazole rings is 1. The lowest BCUT2D eigenvalue weighted by Crippen LogP contribution is -2.13. The molecule has 110 valence electrons. The number of rotatable bonds is 3. The maximum Gasteiger partial charge on any atom is 0.275 e. The SMILES string of the molecule is Cc1cccc(NC(=O)c2csc(-c3ccccc3)n2)c1C. The fourth-order valence-corrected chi connectivity index (χ4v) is 2.97. The number of amides is 1. The van der Waals surface area contributed by atoms with Gasteiger partial charge in [-0.05, 0) is 31.0 Å². The Balaban J connectivity index is 1.82. The van der Waals surface area contributed by atoms with E-state index in [1.165, 1.54) is 11.3 Å². The summed E-state index contributed by atoms with van der Waals surface area (Å²) in [7, 11) is 0. The number of carbonyl (C=O) groups excluding carboxylic acids is 1. The van der Waals surface area contributed by atoms with Gasteiger partial charge < -0.3 is 5.32 Å². The first-order valence-corrected chi connectivity index (χ1v) is 7.91. The monoisotopic (exact) mass is 308 g/mol. The smallest absolute Gasteiger partial charge is 0.275 e. The maximum atomic E-state index is 12.4. The van der Waals surface area contributed by atoms with Crippen LogP contribution in [0.1, 0.15) is 21.6 Å². The number of anilines is 1. The van der Waals surface area contributed by atoms with Crippen molar-refractivity contribution in [3.63, 3.8) is 0 Å². The van der Waals surface area contributed by atoms with Gasteiger partial charge in [0.15, 0.2) is 0 Å². The van der Waals surface area contributed by atoms with Crippen LogP contribution < -0.4 is 5.32 Å². The van der Waals surface area contributed by atoms with E-state index in [9.17, 15) is 4.79 Å². The van der Waals surface area contributed by atoms with Gasteiger partial charge >= 0.3 is 0 Å². The van der Waals surface area contributed by atoms with E-state index in [2.05, 4.69) is 10.3 Å². The first-order chi connectivity index (χ1) is 10.6. The highest BCUT2D eigenvalue weighted by molar-refractivity contribution is 7.13. The van der Waals surface area contributed by atoms with Crippen molar-refractivity contribution >= 4 is 22.9 Å². The fraction of sp³-hybridized carbons (Fsp3) is 0.111. The number of nitrogens with zero attached hydrogens (tertiary/aromatic N) is 1. The first-order valence-electron chi connectivity index (χ1n) is 7.03. The summed E-state index contributed by atoms with van der Waals surface area (Å²) < 4.78 is 0. The number of hydrogen-bond acceptors (Lipinski definition) is 3. The molecule has 3 aromatic rings. The van der Waals surface area contributed by atoms with Crippen LogP contribution in [-0.4, -0.2) is 10.9 Å². The molecule has 0 aliphatic heterocycles. The van der Waals surface area contributed by atoms with Gasteiger partial charge in [-0.25, -0.2) is 4.98 Å². The Bertz CT molecular complexity index is 809. The van der Waals surface area contributed by atoms with E-state index in [0.717, 1.165) is 27.4 Å². The summed E-state index contributed by atoms with van der Waals surface area (Å²) in [5.74, 6) is -0.174. The third-order valence-electron chi connectivity index (χ3n) is 3.61. The van der Waals surface area contributed by atoms with Crippen molar-refractivity contribution in [1.82, 2.24) is 4.98 Å². The summed E-state index contributed by atoms with van der Waals surface area (Å²) in [6.45, 7) is 4.03. The van der Waals surface area contributed by atoms with Crippen LogP contribution in [0.4, 0.5) is 5.69 Å². The molecule has 0 fully saturated rings. The van der Waals surface area contributed by atoms with Crippen LogP contribution >= 0.6 is 11.3 Å². The van der Waals surface area contributed by atoms with Crippen LogP contribution in [0.25, 0.3) is 10.6 Å². The van der Waals surface area contributed by atoms with Crippen molar-refractivity contribution in [1.29, 1.82) is 0 Å². The standard InChI is InChI=1S/C18H16N2OS/c1-12-7-6-10-15(13(12)2)19-17(21)16-11-22-18(20-16)14-8-4-3-5-9-14/h3-11H,1-2H3,(H,19,21). The molecule has 1 amide bonds. The predicted octanol–water partition coefficient (Wildman–Crippen LogP) is 4.68. The second kappa shape index (κ2) is 6.12. The van der Waals surface area contributed by atoms with Crippen molar-refractivity contribution in [2.75, 3.05) is 5.32 Å². The average molecular weight is 308 g/mol. The Labute approximate surface area is 133 Å². The van der Waals surface area contributed by atoms with Crippen molar-refractivity contribution < 1.29 is 4.79 Å². The van der Waals surface area contributed by atoms with Crippen LogP contribution in [0.15, 0.2) is 53.9 Å². The summed E-state index contributed by atoms with van der Waals surface area (Å²) in [4.78, 5) is 16.8. The number of benzene rings is 2. The van der Waals surface area contributed by atoms with Gasteiger partial charge in [0, 0.05) is 16.6 Å². The minimum atomic E-state index is -0.174. The van der Waals surface area contributed by atoms with E-state index < -0.39 is 0 Å². The third-order valence-corrected chi connectivity index (χ3v) is 4.50. The minimum absolute atomic E-state index is 0.174. The van der Waals surface area contributed by atoms with Gasteiger partial charge in [0.2, 0.25) is 0 Å². The van der Waals surface area contributed by atoms with Gasteiger partial charge in [0.1, 0.15) is 10.7 Å². The second-order valence-electron chi connectivity index (χ2n) is 5.11. The molecule has 1 aromatic heterocycles. The molecule has 22 heavy (non-hydrogen) atoms. The van der Waals surface area contributed by atoms with Gasteiger partial charge in [0.25, 0.3) is 5.91 Å². The molecule has 1 N–H and O–H groups in total. The summed E-state index contributed by atoms with van der Waals surface area (Å²) in [6, 6.07) is 15.8. The molecule has 0 aliphatic rings. The van der Waals surface area contributed by atoms with E-state index in [4.69, 9.17) is 0 Å². The zero-order valence-corrected chi connectivity index (χ0v) is 13.3.